The highest BCUT2D eigenvalue weighted by atomic mass is 16.5. The van der Waals surface area contributed by atoms with Crippen molar-refractivity contribution in [3.8, 4) is 5.75 Å². The first-order valence-electron chi connectivity index (χ1n) is 10.5. The van der Waals surface area contributed by atoms with Crippen LogP contribution in [0.5, 0.6) is 5.75 Å². The van der Waals surface area contributed by atoms with Crippen molar-refractivity contribution < 1.29 is 23.8 Å². The third kappa shape index (κ3) is 4.54. The zero-order valence-corrected chi connectivity index (χ0v) is 19.3. The smallest absolute Gasteiger partial charge is 0.282 e. The van der Waals surface area contributed by atoms with Gasteiger partial charge in [0.1, 0.15) is 11.4 Å². The topological polar surface area (TPSA) is 68.3 Å². The fourth-order valence-electron chi connectivity index (χ4n) is 3.76. The third-order valence-corrected chi connectivity index (χ3v) is 5.70. The molecular formula is C25H30N2O5. The van der Waals surface area contributed by atoms with E-state index in [1.54, 1.807) is 51.7 Å². The molecule has 7 heteroatoms. The monoisotopic (exact) mass is 438 g/mol. The van der Waals surface area contributed by atoms with Crippen LogP contribution < -0.4 is 9.64 Å². The maximum Gasteiger partial charge on any atom is 0.282 e. The molecule has 7 nitrogen and oxygen atoms in total. The molecule has 3 rings (SSSR count). The summed E-state index contributed by atoms with van der Waals surface area (Å²) in [6, 6.07) is 12.8. The predicted octanol–water partition coefficient (Wildman–Crippen LogP) is 3.19. The van der Waals surface area contributed by atoms with Crippen LogP contribution in [0.3, 0.4) is 0 Å². The van der Waals surface area contributed by atoms with Crippen molar-refractivity contribution in [2.45, 2.75) is 13.8 Å². The summed E-state index contributed by atoms with van der Waals surface area (Å²) in [6.45, 7) is 5.61. The minimum absolute atomic E-state index is 0.344. The van der Waals surface area contributed by atoms with Gasteiger partial charge in [-0.2, -0.15) is 0 Å². The first kappa shape index (κ1) is 23.5. The van der Waals surface area contributed by atoms with Crippen LogP contribution in [0, 0.1) is 13.8 Å². The molecule has 0 unspecified atom stereocenters. The fourth-order valence-corrected chi connectivity index (χ4v) is 3.76. The number of hydrogen-bond donors (Lipinski definition) is 0. The first-order chi connectivity index (χ1) is 15.4. The summed E-state index contributed by atoms with van der Waals surface area (Å²) in [5.41, 5.74) is 3.88. The molecule has 0 saturated heterocycles. The molecule has 1 aliphatic rings. The lowest BCUT2D eigenvalue weighted by Crippen LogP contribution is -2.38. The van der Waals surface area contributed by atoms with Gasteiger partial charge in [0.05, 0.1) is 31.6 Å². The van der Waals surface area contributed by atoms with Crippen molar-refractivity contribution in [3.05, 3.63) is 64.9 Å². The Balaban J connectivity index is 2.15. The number of carbonyl (C=O) groups is 2. The third-order valence-electron chi connectivity index (χ3n) is 5.70. The van der Waals surface area contributed by atoms with Gasteiger partial charge in [-0.1, -0.05) is 24.3 Å². The standard InChI is InChI=1S/C25H30N2O5/c1-17-7-6-8-21(18(17)2)27-24(28)22(19-9-11-20(32-5)12-10-19)23(25(27)29)26(13-15-30-3)14-16-31-4/h6-12H,13-16H2,1-5H3. The average Bonchev–Trinajstić information content (AvgIpc) is 3.06. The summed E-state index contributed by atoms with van der Waals surface area (Å²) in [4.78, 5) is 30.6. The Kier molecular flexibility index (Phi) is 7.66. The van der Waals surface area contributed by atoms with Gasteiger partial charge in [0.2, 0.25) is 0 Å². The molecule has 0 saturated carbocycles. The average molecular weight is 439 g/mol. The summed E-state index contributed by atoms with van der Waals surface area (Å²) in [5, 5.41) is 0. The molecule has 0 aromatic heterocycles. The van der Waals surface area contributed by atoms with Crippen LogP contribution >= 0.6 is 0 Å². The van der Waals surface area contributed by atoms with Crippen molar-refractivity contribution in [2.24, 2.45) is 0 Å². The van der Waals surface area contributed by atoms with Crippen molar-refractivity contribution in [1.29, 1.82) is 0 Å². The molecule has 0 radical (unpaired) electrons. The number of rotatable bonds is 10. The summed E-state index contributed by atoms with van der Waals surface area (Å²) in [7, 11) is 4.80. The van der Waals surface area contributed by atoms with Gasteiger partial charge in [-0.25, -0.2) is 4.90 Å². The zero-order valence-electron chi connectivity index (χ0n) is 19.3. The highest BCUT2D eigenvalue weighted by Gasteiger charge is 2.43. The number of nitrogens with zero attached hydrogens (tertiary/aromatic N) is 2. The molecule has 170 valence electrons. The number of hydrogen-bond acceptors (Lipinski definition) is 6. The molecular weight excluding hydrogens is 408 g/mol. The van der Waals surface area contributed by atoms with Crippen LogP contribution in [0.1, 0.15) is 16.7 Å². The summed E-state index contributed by atoms with van der Waals surface area (Å²) >= 11 is 0. The summed E-state index contributed by atoms with van der Waals surface area (Å²) < 4.78 is 15.8. The first-order valence-corrected chi connectivity index (χ1v) is 10.5. The fraction of sp³-hybridized carbons (Fsp3) is 0.360. The molecule has 2 aromatic rings. The molecule has 0 bridgehead atoms. The lowest BCUT2D eigenvalue weighted by atomic mass is 10.0. The molecule has 0 atom stereocenters. The Bertz CT molecular complexity index is 1010. The molecule has 0 N–H and O–H groups in total. The van der Waals surface area contributed by atoms with E-state index >= 15 is 0 Å². The Morgan fingerprint density at radius 3 is 2.03 bits per heavy atom. The van der Waals surface area contributed by atoms with Gasteiger partial charge in [-0.05, 0) is 48.7 Å². The SMILES string of the molecule is COCCN(CCOC)C1=C(c2ccc(OC)cc2)C(=O)N(c2cccc(C)c2C)C1=O. The van der Waals surface area contributed by atoms with E-state index in [4.69, 9.17) is 14.2 Å². The quantitative estimate of drug-likeness (QED) is 0.531. The van der Waals surface area contributed by atoms with Gasteiger partial charge in [0.25, 0.3) is 11.8 Å². The van der Waals surface area contributed by atoms with E-state index in [-0.39, 0.29) is 11.8 Å². The number of aryl methyl sites for hydroxylation is 1. The maximum atomic E-state index is 13.8. The van der Waals surface area contributed by atoms with Crippen molar-refractivity contribution in [2.75, 3.05) is 52.5 Å². The molecule has 2 aromatic carbocycles. The Morgan fingerprint density at radius 2 is 1.47 bits per heavy atom. The number of methoxy groups -OCH3 is 3. The lowest BCUT2D eigenvalue weighted by molar-refractivity contribution is -0.120. The zero-order chi connectivity index (χ0) is 23.3. The van der Waals surface area contributed by atoms with Gasteiger partial charge in [-0.3, -0.25) is 9.59 Å². The minimum atomic E-state index is -0.346. The number of carbonyl (C=O) groups excluding carboxylic acids is 2. The second-order valence-electron chi connectivity index (χ2n) is 7.59. The van der Waals surface area contributed by atoms with Crippen LogP contribution in [-0.2, 0) is 19.1 Å². The highest BCUT2D eigenvalue weighted by molar-refractivity contribution is 6.45. The van der Waals surface area contributed by atoms with E-state index in [9.17, 15) is 9.59 Å². The van der Waals surface area contributed by atoms with Gasteiger partial charge < -0.3 is 19.1 Å². The minimum Gasteiger partial charge on any atom is -0.497 e. The maximum absolute atomic E-state index is 13.8. The van der Waals surface area contributed by atoms with E-state index in [2.05, 4.69) is 0 Å². The second kappa shape index (κ2) is 10.4. The Hall–Kier alpha value is -3.16. The second-order valence-corrected chi connectivity index (χ2v) is 7.59. The van der Waals surface area contributed by atoms with Gasteiger partial charge in [0, 0.05) is 27.3 Å². The molecule has 32 heavy (non-hydrogen) atoms. The normalized spacial score (nSPS) is 13.8. The van der Waals surface area contributed by atoms with E-state index < -0.39 is 0 Å². The number of benzene rings is 2. The molecule has 0 spiro atoms. The van der Waals surface area contributed by atoms with Gasteiger partial charge in [0.15, 0.2) is 0 Å². The van der Waals surface area contributed by atoms with Gasteiger partial charge in [-0.15, -0.1) is 0 Å². The lowest BCUT2D eigenvalue weighted by Gasteiger charge is -2.26. The molecule has 2 amide bonds. The van der Waals surface area contributed by atoms with E-state index in [1.165, 1.54) is 4.90 Å². The largest absolute Gasteiger partial charge is 0.497 e. The van der Waals surface area contributed by atoms with Crippen molar-refractivity contribution >= 4 is 23.1 Å². The van der Waals surface area contributed by atoms with Gasteiger partial charge >= 0.3 is 0 Å². The molecule has 1 heterocycles. The molecule has 1 aliphatic heterocycles. The Morgan fingerprint density at radius 1 is 0.844 bits per heavy atom. The predicted molar refractivity (Wildman–Crippen MR) is 124 cm³/mol. The van der Waals surface area contributed by atoms with Crippen molar-refractivity contribution in [3.63, 3.8) is 0 Å². The van der Waals surface area contributed by atoms with E-state index in [0.29, 0.717) is 54.6 Å². The van der Waals surface area contributed by atoms with Crippen LogP contribution in [0.25, 0.3) is 5.57 Å². The van der Waals surface area contributed by atoms with E-state index in [1.807, 2.05) is 30.9 Å². The van der Waals surface area contributed by atoms with Crippen LogP contribution in [0.2, 0.25) is 0 Å². The number of anilines is 1. The molecule has 0 fully saturated rings. The summed E-state index contributed by atoms with van der Waals surface area (Å²) in [6.07, 6.45) is 0. The van der Waals surface area contributed by atoms with Crippen LogP contribution in [-0.4, -0.2) is 64.3 Å². The van der Waals surface area contributed by atoms with Crippen molar-refractivity contribution in [1.82, 2.24) is 4.90 Å². The number of ether oxygens (including phenoxy) is 3. The highest BCUT2D eigenvalue weighted by Crippen LogP contribution is 2.37. The van der Waals surface area contributed by atoms with E-state index in [0.717, 1.165) is 11.1 Å². The summed E-state index contributed by atoms with van der Waals surface area (Å²) in [5.74, 6) is -0.0138. The van der Waals surface area contributed by atoms with Crippen LogP contribution in [0.4, 0.5) is 5.69 Å². The number of amides is 2. The number of imide groups is 1. The molecule has 0 aliphatic carbocycles. The van der Waals surface area contributed by atoms with Crippen LogP contribution in [0.15, 0.2) is 48.2 Å². The Labute approximate surface area is 189 Å².